The molecule has 6 heteroatoms. The van der Waals surface area contributed by atoms with Crippen molar-refractivity contribution in [2.75, 3.05) is 5.73 Å². The monoisotopic (exact) mass is 296 g/mol. The highest BCUT2D eigenvalue weighted by Crippen LogP contribution is 2.29. The molecule has 108 valence electrons. The molecule has 0 fully saturated rings. The van der Waals surface area contributed by atoms with Crippen molar-refractivity contribution in [1.82, 2.24) is 9.78 Å². The lowest BCUT2D eigenvalue weighted by Crippen LogP contribution is -2.02. The molecule has 0 aliphatic carbocycles. The summed E-state index contributed by atoms with van der Waals surface area (Å²) >= 11 is 0. The summed E-state index contributed by atoms with van der Waals surface area (Å²) in [6, 6.07) is 13.2. The summed E-state index contributed by atoms with van der Waals surface area (Å²) in [5, 5.41) is 13.6. The van der Waals surface area contributed by atoms with Crippen molar-refractivity contribution >= 4 is 5.82 Å². The molecular weight excluding hydrogens is 286 g/mol. The number of benzene rings is 2. The molecule has 0 radical (unpaired) electrons. The quantitative estimate of drug-likeness (QED) is 0.789. The molecule has 0 atom stereocenters. The van der Waals surface area contributed by atoms with Crippen LogP contribution in [0.2, 0.25) is 0 Å². The summed E-state index contributed by atoms with van der Waals surface area (Å²) in [5.41, 5.74) is 7.34. The highest BCUT2D eigenvalue weighted by atomic mass is 19.1. The number of anilines is 1. The zero-order valence-electron chi connectivity index (χ0n) is 11.3. The van der Waals surface area contributed by atoms with Gasteiger partial charge in [0.25, 0.3) is 0 Å². The van der Waals surface area contributed by atoms with Crippen LogP contribution in [0, 0.1) is 23.0 Å². The maximum Gasteiger partial charge on any atom is 0.145 e. The second kappa shape index (κ2) is 5.30. The third-order valence-corrected chi connectivity index (χ3v) is 3.20. The SMILES string of the molecule is N#Cc1c(-c2cccc(F)c2)nn(-c2ccc(F)cc2)c1N. The molecule has 0 bridgehead atoms. The Hall–Kier alpha value is -3.20. The summed E-state index contributed by atoms with van der Waals surface area (Å²) in [7, 11) is 0. The van der Waals surface area contributed by atoms with Crippen LogP contribution >= 0.6 is 0 Å². The molecule has 3 aromatic rings. The number of rotatable bonds is 2. The molecule has 1 heterocycles. The minimum atomic E-state index is -0.434. The minimum Gasteiger partial charge on any atom is -0.382 e. The molecule has 0 aliphatic heterocycles. The van der Waals surface area contributed by atoms with Crippen molar-refractivity contribution < 1.29 is 8.78 Å². The van der Waals surface area contributed by atoms with Gasteiger partial charge in [-0.2, -0.15) is 10.4 Å². The summed E-state index contributed by atoms with van der Waals surface area (Å²) in [5.74, 6) is -0.704. The highest BCUT2D eigenvalue weighted by molar-refractivity contribution is 5.73. The van der Waals surface area contributed by atoms with Gasteiger partial charge in [-0.1, -0.05) is 12.1 Å². The molecular formula is C16H10F2N4. The van der Waals surface area contributed by atoms with E-state index in [1.165, 1.54) is 47.1 Å². The second-order valence-electron chi connectivity index (χ2n) is 4.62. The predicted molar refractivity (Wildman–Crippen MR) is 78.0 cm³/mol. The van der Waals surface area contributed by atoms with Crippen LogP contribution in [-0.4, -0.2) is 9.78 Å². The first kappa shape index (κ1) is 13.8. The number of nitriles is 1. The van der Waals surface area contributed by atoms with Crippen LogP contribution in [-0.2, 0) is 0 Å². The van der Waals surface area contributed by atoms with Gasteiger partial charge in [0.15, 0.2) is 0 Å². The molecule has 2 N–H and O–H groups in total. The van der Waals surface area contributed by atoms with E-state index in [4.69, 9.17) is 5.73 Å². The van der Waals surface area contributed by atoms with Crippen LogP contribution in [0.1, 0.15) is 5.56 Å². The van der Waals surface area contributed by atoms with Crippen LogP contribution in [0.5, 0.6) is 0 Å². The van der Waals surface area contributed by atoms with Gasteiger partial charge in [-0.05, 0) is 36.4 Å². The summed E-state index contributed by atoms with van der Waals surface area (Å²) in [6.07, 6.45) is 0. The fourth-order valence-corrected chi connectivity index (χ4v) is 2.16. The first-order chi connectivity index (χ1) is 10.6. The van der Waals surface area contributed by atoms with Gasteiger partial charge in [0, 0.05) is 5.56 Å². The lowest BCUT2D eigenvalue weighted by atomic mass is 10.1. The fraction of sp³-hybridized carbons (Fsp3) is 0. The number of nitrogens with two attached hydrogens (primary N) is 1. The van der Waals surface area contributed by atoms with Crippen LogP contribution in [0.15, 0.2) is 48.5 Å². The first-order valence-electron chi connectivity index (χ1n) is 6.40. The first-order valence-corrected chi connectivity index (χ1v) is 6.40. The Balaban J connectivity index is 2.19. The van der Waals surface area contributed by atoms with Crippen molar-refractivity contribution in [3.63, 3.8) is 0 Å². The number of halogens is 2. The largest absolute Gasteiger partial charge is 0.382 e. The number of hydrogen-bond donors (Lipinski definition) is 1. The highest BCUT2D eigenvalue weighted by Gasteiger charge is 2.18. The van der Waals surface area contributed by atoms with Gasteiger partial charge in [0.05, 0.1) is 5.69 Å². The smallest absolute Gasteiger partial charge is 0.145 e. The third kappa shape index (κ3) is 2.29. The average molecular weight is 296 g/mol. The van der Waals surface area contributed by atoms with E-state index in [0.717, 1.165) is 0 Å². The van der Waals surface area contributed by atoms with E-state index in [1.807, 2.05) is 6.07 Å². The molecule has 0 saturated heterocycles. The number of aromatic nitrogens is 2. The maximum absolute atomic E-state index is 13.4. The third-order valence-electron chi connectivity index (χ3n) is 3.20. The Labute approximate surface area is 125 Å². The molecule has 0 saturated carbocycles. The van der Waals surface area contributed by atoms with Crippen molar-refractivity contribution in [3.8, 4) is 23.0 Å². The van der Waals surface area contributed by atoms with Crippen molar-refractivity contribution in [3.05, 3.63) is 65.7 Å². The molecule has 0 aliphatic rings. The zero-order chi connectivity index (χ0) is 15.7. The lowest BCUT2D eigenvalue weighted by Gasteiger charge is -2.03. The Morgan fingerprint density at radius 1 is 1.05 bits per heavy atom. The van der Waals surface area contributed by atoms with Crippen molar-refractivity contribution in [2.45, 2.75) is 0 Å². The van der Waals surface area contributed by atoms with E-state index in [1.54, 1.807) is 6.07 Å². The molecule has 0 unspecified atom stereocenters. The number of nitrogens with zero attached hydrogens (tertiary/aromatic N) is 3. The van der Waals surface area contributed by atoms with Crippen molar-refractivity contribution in [2.24, 2.45) is 0 Å². The topological polar surface area (TPSA) is 67.6 Å². The summed E-state index contributed by atoms with van der Waals surface area (Å²) in [6.45, 7) is 0. The molecule has 0 amide bonds. The zero-order valence-corrected chi connectivity index (χ0v) is 11.3. The Morgan fingerprint density at radius 2 is 1.77 bits per heavy atom. The second-order valence-corrected chi connectivity index (χ2v) is 4.62. The molecule has 0 spiro atoms. The van der Waals surface area contributed by atoms with E-state index in [9.17, 15) is 14.0 Å². The molecule has 4 nitrogen and oxygen atoms in total. The predicted octanol–water partition coefficient (Wildman–Crippen LogP) is 3.27. The standard InChI is InChI=1S/C16H10F2N4/c17-11-4-6-13(7-5-11)22-16(20)14(9-19)15(21-22)10-2-1-3-12(18)8-10/h1-8H,20H2. The van der Waals surface area contributed by atoms with Gasteiger partial charge in [0.2, 0.25) is 0 Å². The molecule has 3 rings (SSSR count). The van der Waals surface area contributed by atoms with Crippen LogP contribution in [0.3, 0.4) is 0 Å². The summed E-state index contributed by atoms with van der Waals surface area (Å²) < 4.78 is 27.7. The van der Waals surface area contributed by atoms with E-state index in [2.05, 4.69) is 5.10 Å². The molecule has 22 heavy (non-hydrogen) atoms. The van der Waals surface area contributed by atoms with E-state index in [0.29, 0.717) is 11.3 Å². The number of hydrogen-bond acceptors (Lipinski definition) is 3. The van der Waals surface area contributed by atoms with E-state index >= 15 is 0 Å². The minimum absolute atomic E-state index is 0.119. The average Bonchev–Trinajstić information content (AvgIpc) is 2.85. The number of nitrogen functional groups attached to an aromatic ring is 1. The maximum atomic E-state index is 13.4. The summed E-state index contributed by atoms with van der Waals surface area (Å²) in [4.78, 5) is 0. The Kier molecular flexibility index (Phi) is 3.31. The van der Waals surface area contributed by atoms with Crippen LogP contribution in [0.4, 0.5) is 14.6 Å². The van der Waals surface area contributed by atoms with Gasteiger partial charge >= 0.3 is 0 Å². The Morgan fingerprint density at radius 3 is 2.41 bits per heavy atom. The van der Waals surface area contributed by atoms with Gasteiger partial charge in [0.1, 0.15) is 34.8 Å². The van der Waals surface area contributed by atoms with E-state index in [-0.39, 0.29) is 22.9 Å². The van der Waals surface area contributed by atoms with Crippen LogP contribution in [0.25, 0.3) is 16.9 Å². The molecule has 1 aromatic heterocycles. The molecule has 2 aromatic carbocycles. The normalized spacial score (nSPS) is 10.4. The van der Waals surface area contributed by atoms with Crippen molar-refractivity contribution in [1.29, 1.82) is 5.26 Å². The van der Waals surface area contributed by atoms with E-state index < -0.39 is 5.82 Å². The van der Waals surface area contributed by atoms with Gasteiger partial charge in [-0.25, -0.2) is 13.5 Å². The Bertz CT molecular complexity index is 876. The lowest BCUT2D eigenvalue weighted by molar-refractivity contribution is 0.626. The van der Waals surface area contributed by atoms with Gasteiger partial charge < -0.3 is 5.73 Å². The van der Waals surface area contributed by atoms with Gasteiger partial charge in [-0.15, -0.1) is 0 Å². The van der Waals surface area contributed by atoms with Gasteiger partial charge in [-0.3, -0.25) is 0 Å². The van der Waals surface area contributed by atoms with Crippen LogP contribution < -0.4 is 5.73 Å². The fourth-order valence-electron chi connectivity index (χ4n) is 2.16.